The fraction of sp³-hybridized carbons (Fsp3) is 0.500. The minimum atomic E-state index is -1.43. The van der Waals surface area contributed by atoms with E-state index in [4.69, 9.17) is 4.74 Å². The molecule has 1 atom stereocenters. The van der Waals surface area contributed by atoms with Crippen LogP contribution in [0.1, 0.15) is 38.2 Å². The maximum Gasteiger partial charge on any atom is 0.308 e. The number of carbonyl (C=O) groups excluding carboxylic acids is 2. The van der Waals surface area contributed by atoms with Gasteiger partial charge in [-0.1, -0.05) is 37.3 Å². The average molecular weight is 294 g/mol. The van der Waals surface area contributed by atoms with Crippen LogP contribution in [-0.2, 0) is 24.7 Å². The molecule has 1 rings (SSSR count). The lowest BCUT2D eigenvalue weighted by atomic mass is 9.86. The Kier molecular flexibility index (Phi) is 6.88. The second-order valence-corrected chi connectivity index (χ2v) is 4.87. The molecule has 1 aromatic carbocycles. The highest BCUT2D eigenvalue weighted by molar-refractivity contribution is 5.72. The molecule has 0 saturated heterocycles. The first-order chi connectivity index (χ1) is 10.0. The molecule has 116 valence electrons. The lowest BCUT2D eigenvalue weighted by molar-refractivity contribution is -0.151. The third-order valence-electron chi connectivity index (χ3n) is 3.19. The fourth-order valence-electron chi connectivity index (χ4n) is 1.99. The third-order valence-corrected chi connectivity index (χ3v) is 3.19. The molecule has 1 N–H and O–H groups in total. The van der Waals surface area contributed by atoms with E-state index in [1.54, 1.807) is 24.3 Å². The van der Waals surface area contributed by atoms with Crippen LogP contribution in [0, 0.1) is 0 Å². The van der Waals surface area contributed by atoms with E-state index in [9.17, 15) is 14.7 Å². The van der Waals surface area contributed by atoms with Gasteiger partial charge in [-0.3, -0.25) is 9.59 Å². The number of hydrogen-bond acceptors (Lipinski definition) is 5. The van der Waals surface area contributed by atoms with Crippen LogP contribution in [0.15, 0.2) is 30.3 Å². The van der Waals surface area contributed by atoms with E-state index in [-0.39, 0.29) is 25.2 Å². The smallest absolute Gasteiger partial charge is 0.308 e. The van der Waals surface area contributed by atoms with Gasteiger partial charge in [-0.25, -0.2) is 0 Å². The van der Waals surface area contributed by atoms with Gasteiger partial charge in [-0.15, -0.1) is 0 Å². The van der Waals surface area contributed by atoms with Crippen molar-refractivity contribution in [2.24, 2.45) is 0 Å². The number of methoxy groups -OCH3 is 1. The molecule has 1 aromatic rings. The summed E-state index contributed by atoms with van der Waals surface area (Å²) in [5.41, 5.74) is -0.849. The Balaban J connectivity index is 2.78. The normalized spacial score (nSPS) is 13.3. The van der Waals surface area contributed by atoms with Gasteiger partial charge in [0.1, 0.15) is 5.60 Å². The first kappa shape index (κ1) is 17.2. The van der Waals surface area contributed by atoms with Crippen LogP contribution in [0.4, 0.5) is 0 Å². The van der Waals surface area contributed by atoms with E-state index in [1.807, 2.05) is 13.0 Å². The van der Waals surface area contributed by atoms with Crippen molar-refractivity contribution in [3.63, 3.8) is 0 Å². The van der Waals surface area contributed by atoms with Gasteiger partial charge in [0, 0.05) is 6.42 Å². The largest absolute Gasteiger partial charge is 0.469 e. The Hall–Kier alpha value is -1.88. The Morgan fingerprint density at radius 1 is 1.19 bits per heavy atom. The van der Waals surface area contributed by atoms with Crippen LogP contribution in [0.5, 0.6) is 0 Å². The summed E-state index contributed by atoms with van der Waals surface area (Å²) in [7, 11) is 1.27. The van der Waals surface area contributed by atoms with Gasteiger partial charge in [-0.05, 0) is 18.4 Å². The fourth-order valence-corrected chi connectivity index (χ4v) is 1.99. The van der Waals surface area contributed by atoms with Gasteiger partial charge >= 0.3 is 11.9 Å². The zero-order valence-corrected chi connectivity index (χ0v) is 12.5. The molecule has 1 unspecified atom stereocenters. The molecule has 0 radical (unpaired) electrons. The second-order valence-electron chi connectivity index (χ2n) is 4.87. The van der Waals surface area contributed by atoms with Crippen LogP contribution in [0.2, 0.25) is 0 Å². The number of benzene rings is 1. The quantitative estimate of drug-likeness (QED) is 0.744. The van der Waals surface area contributed by atoms with E-state index < -0.39 is 11.6 Å². The molecule has 0 aliphatic rings. The minimum Gasteiger partial charge on any atom is -0.469 e. The molecule has 21 heavy (non-hydrogen) atoms. The molecule has 0 aliphatic heterocycles. The lowest BCUT2D eigenvalue weighted by Crippen LogP contribution is -2.30. The number of ether oxygens (including phenoxy) is 2. The van der Waals surface area contributed by atoms with E-state index in [2.05, 4.69) is 4.74 Å². The summed E-state index contributed by atoms with van der Waals surface area (Å²) in [6.45, 7) is 2.27. The number of carbonyl (C=O) groups is 2. The van der Waals surface area contributed by atoms with Gasteiger partial charge in [0.15, 0.2) is 0 Å². The molecule has 0 amide bonds. The van der Waals surface area contributed by atoms with Gasteiger partial charge in [-0.2, -0.15) is 0 Å². The third kappa shape index (κ3) is 5.55. The molecule has 0 spiro atoms. The van der Waals surface area contributed by atoms with Crippen molar-refractivity contribution in [3.8, 4) is 0 Å². The predicted octanol–water partition coefficient (Wildman–Crippen LogP) is 2.17. The summed E-state index contributed by atoms with van der Waals surface area (Å²) in [4.78, 5) is 23.1. The van der Waals surface area contributed by atoms with E-state index >= 15 is 0 Å². The predicted molar refractivity (Wildman–Crippen MR) is 77.5 cm³/mol. The summed E-state index contributed by atoms with van der Waals surface area (Å²) in [5, 5.41) is 10.7. The van der Waals surface area contributed by atoms with Crippen molar-refractivity contribution in [2.75, 3.05) is 13.7 Å². The van der Waals surface area contributed by atoms with Crippen molar-refractivity contribution in [2.45, 2.75) is 38.2 Å². The summed E-state index contributed by atoms with van der Waals surface area (Å²) in [6.07, 6.45) is 0.697. The zero-order chi connectivity index (χ0) is 15.7. The lowest BCUT2D eigenvalue weighted by Gasteiger charge is -2.27. The maximum atomic E-state index is 11.6. The standard InChI is InChI=1S/C16H22O5/c1-3-11-21-14(17)9-10-16(19,12-15(18)20-2)13-7-5-4-6-8-13/h4-8,19H,3,9-12H2,1-2H3. The number of aliphatic hydroxyl groups is 1. The van der Waals surface area contributed by atoms with Crippen molar-refractivity contribution in [1.82, 2.24) is 0 Å². The average Bonchev–Trinajstić information content (AvgIpc) is 2.51. The summed E-state index contributed by atoms with van der Waals surface area (Å²) >= 11 is 0. The highest BCUT2D eigenvalue weighted by atomic mass is 16.5. The molecule has 5 nitrogen and oxygen atoms in total. The molecular weight excluding hydrogens is 272 g/mol. The van der Waals surface area contributed by atoms with E-state index in [0.717, 1.165) is 6.42 Å². The number of rotatable bonds is 8. The molecule has 0 bridgehead atoms. The highest BCUT2D eigenvalue weighted by Crippen LogP contribution is 2.30. The molecule has 0 aromatic heterocycles. The first-order valence-corrected chi connectivity index (χ1v) is 7.02. The Morgan fingerprint density at radius 3 is 2.43 bits per heavy atom. The molecule has 5 heteroatoms. The molecular formula is C16H22O5. The Labute approximate surface area is 124 Å². The summed E-state index contributed by atoms with van der Waals surface area (Å²) in [5.74, 6) is -0.903. The van der Waals surface area contributed by atoms with Gasteiger partial charge in [0.2, 0.25) is 0 Å². The van der Waals surface area contributed by atoms with Crippen LogP contribution >= 0.6 is 0 Å². The van der Waals surface area contributed by atoms with Gasteiger partial charge in [0.05, 0.1) is 20.1 Å². The Morgan fingerprint density at radius 2 is 1.86 bits per heavy atom. The first-order valence-electron chi connectivity index (χ1n) is 7.02. The van der Waals surface area contributed by atoms with Crippen molar-refractivity contribution >= 4 is 11.9 Å². The molecule has 0 saturated carbocycles. The van der Waals surface area contributed by atoms with Crippen LogP contribution in [0.25, 0.3) is 0 Å². The van der Waals surface area contributed by atoms with Gasteiger partial charge in [0.25, 0.3) is 0 Å². The summed E-state index contributed by atoms with van der Waals surface area (Å²) < 4.78 is 9.61. The van der Waals surface area contributed by atoms with Gasteiger partial charge < -0.3 is 14.6 Å². The Bertz CT molecular complexity index is 457. The minimum absolute atomic E-state index is 0.0440. The topological polar surface area (TPSA) is 72.8 Å². The van der Waals surface area contributed by atoms with Crippen molar-refractivity contribution < 1.29 is 24.2 Å². The zero-order valence-electron chi connectivity index (χ0n) is 12.5. The van der Waals surface area contributed by atoms with Crippen molar-refractivity contribution in [3.05, 3.63) is 35.9 Å². The maximum absolute atomic E-state index is 11.6. The van der Waals surface area contributed by atoms with Crippen LogP contribution < -0.4 is 0 Å². The van der Waals surface area contributed by atoms with Crippen LogP contribution in [-0.4, -0.2) is 30.8 Å². The van der Waals surface area contributed by atoms with E-state index in [0.29, 0.717) is 12.2 Å². The molecule has 0 fully saturated rings. The molecule has 0 aliphatic carbocycles. The monoisotopic (exact) mass is 294 g/mol. The highest BCUT2D eigenvalue weighted by Gasteiger charge is 2.33. The molecule has 0 heterocycles. The summed E-state index contributed by atoms with van der Waals surface area (Å²) in [6, 6.07) is 8.80. The van der Waals surface area contributed by atoms with Crippen LogP contribution in [0.3, 0.4) is 0 Å². The SMILES string of the molecule is CCCOC(=O)CCC(O)(CC(=O)OC)c1ccccc1. The van der Waals surface area contributed by atoms with E-state index in [1.165, 1.54) is 7.11 Å². The van der Waals surface area contributed by atoms with Crippen molar-refractivity contribution in [1.29, 1.82) is 0 Å². The second kappa shape index (κ2) is 8.42. The number of hydrogen-bond donors (Lipinski definition) is 1. The number of esters is 2.